The van der Waals surface area contributed by atoms with E-state index >= 15 is 0 Å². The van der Waals surface area contributed by atoms with Crippen LogP contribution in [0.5, 0.6) is 0 Å². The molecule has 0 bridgehead atoms. The summed E-state index contributed by atoms with van der Waals surface area (Å²) >= 11 is 6.08. The first-order chi connectivity index (χ1) is 13.7. The standard InChI is InChI=1S/C19H28ClN7O.HI/c1-3-21-19(23-13-18-24-14-25-26(18)2)22-12-17(27-8-10-28-11-9-27)15-4-6-16(20)7-5-15;/h4-7,14,17H,3,8-13H2,1-2H3,(H2,21,22,23);1H. The van der Waals surface area contributed by atoms with Gasteiger partial charge >= 0.3 is 0 Å². The second kappa shape index (κ2) is 12.3. The number of guanidine groups is 1. The van der Waals surface area contributed by atoms with E-state index in [2.05, 4.69) is 49.7 Å². The largest absolute Gasteiger partial charge is 0.379 e. The van der Waals surface area contributed by atoms with Crippen molar-refractivity contribution in [1.82, 2.24) is 30.3 Å². The number of hydrogen-bond donors (Lipinski definition) is 2. The van der Waals surface area contributed by atoms with Crippen LogP contribution in [0.25, 0.3) is 0 Å². The number of aromatic nitrogens is 3. The molecule has 3 rings (SSSR count). The fraction of sp³-hybridized carbons (Fsp3) is 0.526. The maximum atomic E-state index is 6.08. The van der Waals surface area contributed by atoms with Gasteiger partial charge in [-0.1, -0.05) is 23.7 Å². The number of hydrogen-bond acceptors (Lipinski definition) is 5. The predicted octanol–water partition coefficient (Wildman–Crippen LogP) is 2.22. The summed E-state index contributed by atoms with van der Waals surface area (Å²) in [6.07, 6.45) is 1.54. The van der Waals surface area contributed by atoms with Crippen molar-refractivity contribution >= 4 is 41.5 Å². The lowest BCUT2D eigenvalue weighted by Gasteiger charge is -2.35. The fourth-order valence-electron chi connectivity index (χ4n) is 3.18. The molecule has 1 aromatic heterocycles. The van der Waals surface area contributed by atoms with Crippen LogP contribution in [0.15, 0.2) is 35.6 Å². The lowest BCUT2D eigenvalue weighted by atomic mass is 10.0. The third-order valence-electron chi connectivity index (χ3n) is 4.73. The quantitative estimate of drug-likeness (QED) is 0.323. The number of aryl methyl sites for hydroxylation is 1. The van der Waals surface area contributed by atoms with Crippen molar-refractivity contribution in [1.29, 1.82) is 0 Å². The van der Waals surface area contributed by atoms with Crippen LogP contribution in [-0.4, -0.2) is 65.0 Å². The third-order valence-corrected chi connectivity index (χ3v) is 4.98. The Hall–Kier alpha value is -1.43. The van der Waals surface area contributed by atoms with Crippen molar-refractivity contribution in [2.45, 2.75) is 19.5 Å². The number of rotatable bonds is 7. The van der Waals surface area contributed by atoms with Crippen LogP contribution in [0.3, 0.4) is 0 Å². The SMILES string of the molecule is CCNC(=NCc1ncnn1C)NCC(c1ccc(Cl)cc1)N1CCOCC1.I. The highest BCUT2D eigenvalue weighted by molar-refractivity contribution is 14.0. The third kappa shape index (κ3) is 7.09. The average molecular weight is 534 g/mol. The highest BCUT2D eigenvalue weighted by atomic mass is 127. The molecule has 2 N–H and O–H groups in total. The minimum atomic E-state index is 0. The van der Waals surface area contributed by atoms with Crippen LogP contribution in [0.4, 0.5) is 0 Å². The van der Waals surface area contributed by atoms with Crippen LogP contribution in [0, 0.1) is 0 Å². The van der Waals surface area contributed by atoms with Gasteiger partial charge in [-0.25, -0.2) is 9.98 Å². The summed E-state index contributed by atoms with van der Waals surface area (Å²) < 4.78 is 7.26. The second-order valence-corrected chi connectivity index (χ2v) is 7.03. The Labute approximate surface area is 194 Å². The molecule has 1 unspecified atom stereocenters. The van der Waals surface area contributed by atoms with Crippen molar-refractivity contribution in [2.24, 2.45) is 12.0 Å². The molecule has 1 saturated heterocycles. The Morgan fingerprint density at radius 3 is 2.59 bits per heavy atom. The summed E-state index contributed by atoms with van der Waals surface area (Å²) in [5, 5.41) is 11.6. The number of nitrogens with zero attached hydrogens (tertiary/aromatic N) is 5. The molecule has 8 nitrogen and oxygen atoms in total. The highest BCUT2D eigenvalue weighted by Crippen LogP contribution is 2.23. The Morgan fingerprint density at radius 2 is 1.97 bits per heavy atom. The number of morpholine rings is 1. The Balaban J connectivity index is 0.00000300. The van der Waals surface area contributed by atoms with Crippen LogP contribution >= 0.6 is 35.6 Å². The molecule has 2 heterocycles. The normalized spacial score (nSPS) is 16.2. The number of halogens is 2. The summed E-state index contributed by atoms with van der Waals surface area (Å²) in [5.74, 6) is 1.58. The van der Waals surface area contributed by atoms with Gasteiger partial charge in [0, 0.05) is 38.2 Å². The first-order valence-electron chi connectivity index (χ1n) is 9.59. The van der Waals surface area contributed by atoms with Crippen molar-refractivity contribution in [3.8, 4) is 0 Å². The van der Waals surface area contributed by atoms with E-state index in [-0.39, 0.29) is 30.0 Å². The van der Waals surface area contributed by atoms with Gasteiger partial charge in [-0.3, -0.25) is 9.58 Å². The molecule has 10 heteroatoms. The van der Waals surface area contributed by atoms with E-state index in [1.54, 1.807) is 11.0 Å². The van der Waals surface area contributed by atoms with E-state index in [1.807, 2.05) is 19.2 Å². The molecule has 1 fully saturated rings. The summed E-state index contributed by atoms with van der Waals surface area (Å²) in [5.41, 5.74) is 1.22. The lowest BCUT2D eigenvalue weighted by molar-refractivity contribution is 0.0170. The maximum Gasteiger partial charge on any atom is 0.191 e. The topological polar surface area (TPSA) is 79.6 Å². The van der Waals surface area contributed by atoms with Gasteiger partial charge in [0.15, 0.2) is 5.96 Å². The van der Waals surface area contributed by atoms with Gasteiger partial charge in [-0.15, -0.1) is 24.0 Å². The minimum Gasteiger partial charge on any atom is -0.379 e. The molecule has 0 radical (unpaired) electrons. The molecule has 0 saturated carbocycles. The molecule has 1 aliphatic rings. The Morgan fingerprint density at radius 1 is 1.24 bits per heavy atom. The first kappa shape index (κ1) is 23.8. The molecule has 0 aliphatic carbocycles. The van der Waals surface area contributed by atoms with E-state index in [4.69, 9.17) is 16.3 Å². The van der Waals surface area contributed by atoms with Gasteiger partial charge < -0.3 is 15.4 Å². The van der Waals surface area contributed by atoms with E-state index in [1.165, 1.54) is 5.56 Å². The Bertz CT molecular complexity index is 762. The van der Waals surface area contributed by atoms with Gasteiger partial charge in [0.1, 0.15) is 18.7 Å². The Kier molecular flexibility index (Phi) is 10.1. The van der Waals surface area contributed by atoms with Gasteiger partial charge in [0.25, 0.3) is 0 Å². The van der Waals surface area contributed by atoms with E-state index in [0.717, 1.165) is 56.2 Å². The summed E-state index contributed by atoms with van der Waals surface area (Å²) in [6, 6.07) is 8.27. The number of nitrogens with one attached hydrogen (secondary N) is 2. The van der Waals surface area contributed by atoms with E-state index in [9.17, 15) is 0 Å². The van der Waals surface area contributed by atoms with Crippen molar-refractivity contribution in [2.75, 3.05) is 39.4 Å². The lowest BCUT2D eigenvalue weighted by Crippen LogP contribution is -2.46. The fourth-order valence-corrected chi connectivity index (χ4v) is 3.31. The van der Waals surface area contributed by atoms with Gasteiger partial charge in [0.2, 0.25) is 0 Å². The molecule has 0 spiro atoms. The minimum absolute atomic E-state index is 0. The molecule has 0 amide bonds. The monoisotopic (exact) mass is 533 g/mol. The molecule has 160 valence electrons. The molecule has 2 aromatic rings. The summed E-state index contributed by atoms with van der Waals surface area (Å²) in [7, 11) is 1.87. The smallest absolute Gasteiger partial charge is 0.191 e. The zero-order valence-corrected chi connectivity index (χ0v) is 19.9. The van der Waals surface area contributed by atoms with Crippen LogP contribution in [-0.2, 0) is 18.3 Å². The first-order valence-corrected chi connectivity index (χ1v) is 9.97. The summed E-state index contributed by atoms with van der Waals surface area (Å²) in [4.78, 5) is 11.3. The highest BCUT2D eigenvalue weighted by Gasteiger charge is 2.23. The van der Waals surface area contributed by atoms with Gasteiger partial charge in [-0.2, -0.15) is 5.10 Å². The van der Waals surface area contributed by atoms with Crippen LogP contribution < -0.4 is 10.6 Å². The van der Waals surface area contributed by atoms with Crippen LogP contribution in [0.1, 0.15) is 24.4 Å². The molecule has 1 atom stereocenters. The predicted molar refractivity (Wildman–Crippen MR) is 126 cm³/mol. The zero-order valence-electron chi connectivity index (χ0n) is 16.8. The zero-order chi connectivity index (χ0) is 19.8. The van der Waals surface area contributed by atoms with Crippen molar-refractivity contribution < 1.29 is 4.74 Å². The molecule has 1 aliphatic heterocycles. The van der Waals surface area contributed by atoms with Gasteiger partial charge in [0.05, 0.1) is 19.3 Å². The second-order valence-electron chi connectivity index (χ2n) is 6.59. The van der Waals surface area contributed by atoms with Gasteiger partial charge in [-0.05, 0) is 24.6 Å². The van der Waals surface area contributed by atoms with Crippen molar-refractivity contribution in [3.05, 3.63) is 47.0 Å². The van der Waals surface area contributed by atoms with Crippen molar-refractivity contribution in [3.63, 3.8) is 0 Å². The van der Waals surface area contributed by atoms with Crippen LogP contribution in [0.2, 0.25) is 5.02 Å². The number of benzene rings is 1. The number of aliphatic imine (C=N–C) groups is 1. The molecular weight excluding hydrogens is 505 g/mol. The van der Waals surface area contributed by atoms with E-state index < -0.39 is 0 Å². The van der Waals surface area contributed by atoms with E-state index in [0.29, 0.717) is 6.54 Å². The maximum absolute atomic E-state index is 6.08. The molecule has 1 aromatic carbocycles. The molecule has 29 heavy (non-hydrogen) atoms. The average Bonchev–Trinajstić information content (AvgIpc) is 3.13. The summed E-state index contributed by atoms with van der Waals surface area (Å²) in [6.45, 7) is 7.35. The molecular formula is C19H29ClIN7O. The number of ether oxygens (including phenoxy) is 1.